The van der Waals surface area contributed by atoms with Crippen molar-refractivity contribution in [2.75, 3.05) is 6.61 Å². The number of rotatable bonds is 7. The van der Waals surface area contributed by atoms with Crippen LogP contribution < -0.4 is 0 Å². The molecule has 3 nitrogen and oxygen atoms in total. The van der Waals surface area contributed by atoms with E-state index < -0.39 is 12.4 Å². The summed E-state index contributed by atoms with van der Waals surface area (Å²) >= 11 is 0. The van der Waals surface area contributed by atoms with E-state index in [2.05, 4.69) is 6.92 Å². The summed E-state index contributed by atoms with van der Waals surface area (Å²) < 4.78 is 5.05. The third-order valence-corrected chi connectivity index (χ3v) is 1.75. The van der Waals surface area contributed by atoms with Gasteiger partial charge in [0.15, 0.2) is 6.29 Å². The normalized spacial score (nSPS) is 16.0. The summed E-state index contributed by atoms with van der Waals surface area (Å²) in [4.78, 5) is 0. The zero-order chi connectivity index (χ0) is 9.40. The van der Waals surface area contributed by atoms with Crippen LogP contribution in [0.3, 0.4) is 0 Å². The lowest BCUT2D eigenvalue weighted by molar-refractivity contribution is -0.120. The van der Waals surface area contributed by atoms with Crippen LogP contribution in [0.5, 0.6) is 0 Å². The molecule has 2 N–H and O–H groups in total. The molecule has 0 rings (SSSR count). The van der Waals surface area contributed by atoms with E-state index >= 15 is 0 Å². The molecule has 0 saturated heterocycles. The van der Waals surface area contributed by atoms with Crippen LogP contribution in [0.25, 0.3) is 0 Å². The number of hydrogen-bond donors (Lipinski definition) is 2. The summed E-state index contributed by atoms with van der Waals surface area (Å²) in [5, 5.41) is 18.3. The van der Waals surface area contributed by atoms with Gasteiger partial charge in [-0.3, -0.25) is 0 Å². The Balaban J connectivity index is 3.26. The molecule has 12 heavy (non-hydrogen) atoms. The lowest BCUT2D eigenvalue weighted by Crippen LogP contribution is -2.20. The highest BCUT2D eigenvalue weighted by atomic mass is 16.6. The van der Waals surface area contributed by atoms with Gasteiger partial charge in [-0.25, -0.2) is 0 Å². The second-order valence-corrected chi connectivity index (χ2v) is 2.98. The Labute approximate surface area is 74.4 Å². The van der Waals surface area contributed by atoms with Gasteiger partial charge in [-0.2, -0.15) is 0 Å². The zero-order valence-electron chi connectivity index (χ0n) is 7.99. The molecule has 0 bridgehead atoms. The maximum absolute atomic E-state index is 9.20. The van der Waals surface area contributed by atoms with Crippen LogP contribution in [0, 0.1) is 0 Å². The van der Waals surface area contributed by atoms with E-state index in [1.807, 2.05) is 6.92 Å². The Hall–Kier alpha value is -0.120. The zero-order valence-corrected chi connectivity index (χ0v) is 7.99. The van der Waals surface area contributed by atoms with Crippen LogP contribution in [-0.2, 0) is 4.74 Å². The first-order valence-electron chi connectivity index (χ1n) is 4.68. The molecule has 0 radical (unpaired) electrons. The van der Waals surface area contributed by atoms with Gasteiger partial charge in [-0.15, -0.1) is 0 Å². The van der Waals surface area contributed by atoms with Gasteiger partial charge in [0.2, 0.25) is 0 Å². The monoisotopic (exact) mass is 176 g/mol. The minimum absolute atomic E-state index is 0.320. The predicted octanol–water partition coefficient (Wildman–Crippen LogP) is 1.28. The molecule has 0 aliphatic carbocycles. The molecule has 0 spiro atoms. The van der Waals surface area contributed by atoms with Crippen LogP contribution in [0.1, 0.15) is 39.5 Å². The van der Waals surface area contributed by atoms with Gasteiger partial charge in [-0.05, 0) is 12.8 Å². The lowest BCUT2D eigenvalue weighted by atomic mass is 10.2. The Morgan fingerprint density at radius 2 is 1.92 bits per heavy atom. The van der Waals surface area contributed by atoms with Crippen LogP contribution >= 0.6 is 0 Å². The van der Waals surface area contributed by atoms with Gasteiger partial charge >= 0.3 is 0 Å². The van der Waals surface area contributed by atoms with Crippen LogP contribution in [0.2, 0.25) is 0 Å². The van der Waals surface area contributed by atoms with E-state index in [1.165, 1.54) is 0 Å². The van der Waals surface area contributed by atoms with Crippen molar-refractivity contribution in [3.8, 4) is 0 Å². The molecular formula is C9H20O3. The summed E-state index contributed by atoms with van der Waals surface area (Å²) in [5.74, 6) is 0. The van der Waals surface area contributed by atoms with Crippen molar-refractivity contribution >= 4 is 0 Å². The highest BCUT2D eigenvalue weighted by molar-refractivity contribution is 4.54. The van der Waals surface area contributed by atoms with E-state index in [0.717, 1.165) is 12.8 Å². The highest BCUT2D eigenvalue weighted by Gasteiger charge is 2.09. The first-order valence-corrected chi connectivity index (χ1v) is 4.68. The Kier molecular flexibility index (Phi) is 7.45. The fraction of sp³-hybridized carbons (Fsp3) is 1.00. The molecule has 0 aromatic heterocycles. The molecule has 0 fully saturated rings. The van der Waals surface area contributed by atoms with Crippen molar-refractivity contribution < 1.29 is 14.9 Å². The topological polar surface area (TPSA) is 49.7 Å². The Morgan fingerprint density at radius 3 is 2.42 bits per heavy atom. The molecule has 0 aliphatic rings. The lowest BCUT2D eigenvalue weighted by Gasteiger charge is -2.14. The highest BCUT2D eigenvalue weighted by Crippen LogP contribution is 2.03. The summed E-state index contributed by atoms with van der Waals surface area (Å²) in [7, 11) is 0. The molecule has 0 heterocycles. The van der Waals surface area contributed by atoms with Crippen molar-refractivity contribution in [2.45, 2.75) is 51.9 Å². The molecule has 0 saturated carbocycles. The summed E-state index contributed by atoms with van der Waals surface area (Å²) in [5.41, 5.74) is 0. The Morgan fingerprint density at radius 1 is 1.25 bits per heavy atom. The average Bonchev–Trinajstić information content (AvgIpc) is 2.05. The first kappa shape index (κ1) is 11.9. The number of hydrogen-bond acceptors (Lipinski definition) is 3. The van der Waals surface area contributed by atoms with Crippen molar-refractivity contribution in [1.29, 1.82) is 0 Å². The average molecular weight is 176 g/mol. The quantitative estimate of drug-likeness (QED) is 0.454. The molecule has 0 amide bonds. The summed E-state index contributed by atoms with van der Waals surface area (Å²) in [6.07, 6.45) is 1.75. The molecule has 0 unspecified atom stereocenters. The van der Waals surface area contributed by atoms with Crippen molar-refractivity contribution in [2.24, 2.45) is 0 Å². The molecular weight excluding hydrogens is 156 g/mol. The molecule has 74 valence electrons. The molecule has 0 aliphatic heterocycles. The number of aliphatic hydroxyl groups excluding tert-OH is 2. The molecule has 0 aromatic carbocycles. The van der Waals surface area contributed by atoms with Crippen LogP contribution in [0.4, 0.5) is 0 Å². The second-order valence-electron chi connectivity index (χ2n) is 2.98. The summed E-state index contributed by atoms with van der Waals surface area (Å²) in [6.45, 7) is 4.52. The fourth-order valence-corrected chi connectivity index (χ4v) is 0.831. The van der Waals surface area contributed by atoms with Crippen molar-refractivity contribution in [3.63, 3.8) is 0 Å². The minimum atomic E-state index is -0.800. The van der Waals surface area contributed by atoms with Gasteiger partial charge in [-0.1, -0.05) is 20.3 Å². The van der Waals surface area contributed by atoms with E-state index in [0.29, 0.717) is 19.4 Å². The summed E-state index contributed by atoms with van der Waals surface area (Å²) in [6, 6.07) is 0. The van der Waals surface area contributed by atoms with Gasteiger partial charge in [0.25, 0.3) is 0 Å². The van der Waals surface area contributed by atoms with Crippen LogP contribution in [0.15, 0.2) is 0 Å². The fourth-order valence-electron chi connectivity index (χ4n) is 0.831. The third kappa shape index (κ3) is 6.58. The SMILES string of the molecule is CCCCO[C@@H](O)C[C@H](O)CC. The number of ether oxygens (including phenoxy) is 1. The smallest absolute Gasteiger partial charge is 0.156 e. The predicted molar refractivity (Wildman–Crippen MR) is 47.8 cm³/mol. The first-order chi connectivity index (χ1) is 5.70. The van der Waals surface area contributed by atoms with Gasteiger partial charge in [0.05, 0.1) is 6.10 Å². The van der Waals surface area contributed by atoms with Gasteiger partial charge in [0, 0.05) is 13.0 Å². The van der Waals surface area contributed by atoms with E-state index in [9.17, 15) is 5.11 Å². The van der Waals surface area contributed by atoms with Crippen LogP contribution in [-0.4, -0.2) is 29.2 Å². The molecule has 3 heteroatoms. The van der Waals surface area contributed by atoms with E-state index in [-0.39, 0.29) is 0 Å². The number of aliphatic hydroxyl groups is 2. The molecule has 0 aromatic rings. The van der Waals surface area contributed by atoms with Gasteiger partial charge < -0.3 is 14.9 Å². The van der Waals surface area contributed by atoms with Crippen molar-refractivity contribution in [3.05, 3.63) is 0 Å². The third-order valence-electron chi connectivity index (χ3n) is 1.75. The van der Waals surface area contributed by atoms with E-state index in [4.69, 9.17) is 9.84 Å². The molecule has 2 atom stereocenters. The maximum Gasteiger partial charge on any atom is 0.156 e. The van der Waals surface area contributed by atoms with Gasteiger partial charge in [0.1, 0.15) is 0 Å². The van der Waals surface area contributed by atoms with E-state index in [1.54, 1.807) is 0 Å². The largest absolute Gasteiger partial charge is 0.393 e. The standard InChI is InChI=1S/C9H20O3/c1-3-5-6-12-9(11)7-8(10)4-2/h8-11H,3-7H2,1-2H3/t8-,9-/m1/s1. The maximum atomic E-state index is 9.20. The number of unbranched alkanes of at least 4 members (excludes halogenated alkanes) is 1. The second kappa shape index (κ2) is 7.53. The van der Waals surface area contributed by atoms with Crippen molar-refractivity contribution in [1.82, 2.24) is 0 Å². The Bertz CT molecular complexity index is 95.8. The minimum Gasteiger partial charge on any atom is -0.393 e.